The van der Waals surface area contributed by atoms with E-state index >= 15 is 0 Å². The van der Waals surface area contributed by atoms with Crippen LogP contribution in [0.1, 0.15) is 0 Å². The first-order chi connectivity index (χ1) is 6.63. The summed E-state index contributed by atoms with van der Waals surface area (Å²) >= 11 is 0. The monoisotopic (exact) mass is 198 g/mol. The van der Waals surface area contributed by atoms with Gasteiger partial charge < -0.3 is 15.6 Å². The maximum atomic E-state index is 11.1. The van der Waals surface area contributed by atoms with Crippen LogP contribution in [0.25, 0.3) is 0 Å². The quantitative estimate of drug-likeness (QED) is 0.460. The molecule has 0 saturated carbocycles. The molecule has 1 aromatic rings. The SMILES string of the molecule is CNC(=O)CNc1c[nH]c(=O)[nH]c1=O. The third-order valence-electron chi connectivity index (χ3n) is 1.54. The molecule has 1 aromatic heterocycles. The average Bonchev–Trinajstić information content (AvgIpc) is 2.16. The van der Waals surface area contributed by atoms with Crippen LogP contribution < -0.4 is 21.9 Å². The van der Waals surface area contributed by atoms with Gasteiger partial charge in [-0.05, 0) is 0 Å². The van der Waals surface area contributed by atoms with Crippen molar-refractivity contribution in [2.24, 2.45) is 0 Å². The predicted molar refractivity (Wildman–Crippen MR) is 50.2 cm³/mol. The molecule has 0 unspecified atom stereocenters. The fraction of sp³-hybridized carbons (Fsp3) is 0.286. The van der Waals surface area contributed by atoms with Crippen LogP contribution in [0.3, 0.4) is 0 Å². The number of amides is 1. The molecule has 0 spiro atoms. The molecule has 0 aliphatic rings. The number of hydrogen-bond donors (Lipinski definition) is 4. The van der Waals surface area contributed by atoms with Crippen molar-refractivity contribution < 1.29 is 4.79 Å². The van der Waals surface area contributed by atoms with Crippen LogP contribution in [0, 0.1) is 0 Å². The highest BCUT2D eigenvalue weighted by molar-refractivity contribution is 5.80. The number of carbonyl (C=O) groups is 1. The molecular weight excluding hydrogens is 188 g/mol. The lowest BCUT2D eigenvalue weighted by atomic mass is 10.5. The Labute approximate surface area is 78.5 Å². The fourth-order valence-electron chi connectivity index (χ4n) is 0.805. The average molecular weight is 198 g/mol. The van der Waals surface area contributed by atoms with Gasteiger partial charge in [0, 0.05) is 13.2 Å². The van der Waals surface area contributed by atoms with Crippen LogP contribution in [0.2, 0.25) is 0 Å². The zero-order valence-corrected chi connectivity index (χ0v) is 7.51. The molecule has 7 heteroatoms. The largest absolute Gasteiger partial charge is 0.370 e. The van der Waals surface area contributed by atoms with Crippen LogP contribution in [0.15, 0.2) is 15.8 Å². The first kappa shape index (κ1) is 10.0. The van der Waals surface area contributed by atoms with E-state index < -0.39 is 11.2 Å². The lowest BCUT2D eigenvalue weighted by molar-refractivity contribution is -0.118. The summed E-state index contributed by atoms with van der Waals surface area (Å²) in [6.45, 7) is -0.0222. The summed E-state index contributed by atoms with van der Waals surface area (Å²) in [5, 5.41) is 4.95. The van der Waals surface area contributed by atoms with Crippen molar-refractivity contribution in [3.05, 3.63) is 27.0 Å². The summed E-state index contributed by atoms with van der Waals surface area (Å²) in [5.41, 5.74) is -0.994. The minimum atomic E-state index is -0.583. The van der Waals surface area contributed by atoms with Gasteiger partial charge in [-0.2, -0.15) is 0 Å². The highest BCUT2D eigenvalue weighted by Crippen LogP contribution is 1.89. The number of aromatic nitrogens is 2. The zero-order chi connectivity index (χ0) is 10.6. The van der Waals surface area contributed by atoms with Gasteiger partial charge in [-0.1, -0.05) is 0 Å². The van der Waals surface area contributed by atoms with Crippen molar-refractivity contribution in [1.82, 2.24) is 15.3 Å². The van der Waals surface area contributed by atoms with Crippen LogP contribution >= 0.6 is 0 Å². The Bertz CT molecular complexity index is 433. The van der Waals surface area contributed by atoms with E-state index in [-0.39, 0.29) is 18.1 Å². The molecule has 1 rings (SSSR count). The number of anilines is 1. The number of likely N-dealkylation sites (N-methyl/N-ethyl adjacent to an activating group) is 1. The van der Waals surface area contributed by atoms with E-state index in [0.717, 1.165) is 0 Å². The van der Waals surface area contributed by atoms with Crippen molar-refractivity contribution >= 4 is 11.6 Å². The van der Waals surface area contributed by atoms with Crippen LogP contribution in [-0.4, -0.2) is 29.5 Å². The lowest BCUT2D eigenvalue weighted by Crippen LogP contribution is -2.30. The molecule has 0 bridgehead atoms. The Kier molecular flexibility index (Phi) is 3.05. The van der Waals surface area contributed by atoms with Gasteiger partial charge in [0.25, 0.3) is 5.56 Å². The normalized spacial score (nSPS) is 9.50. The summed E-state index contributed by atoms with van der Waals surface area (Å²) in [6, 6.07) is 0. The number of H-pyrrole nitrogens is 2. The van der Waals surface area contributed by atoms with Gasteiger partial charge in [-0.3, -0.25) is 14.6 Å². The van der Waals surface area contributed by atoms with Crippen molar-refractivity contribution in [3.63, 3.8) is 0 Å². The molecule has 0 radical (unpaired) electrons. The third-order valence-corrected chi connectivity index (χ3v) is 1.54. The topological polar surface area (TPSA) is 107 Å². The van der Waals surface area contributed by atoms with E-state index in [0.29, 0.717) is 0 Å². The molecule has 0 fully saturated rings. The molecule has 14 heavy (non-hydrogen) atoms. The van der Waals surface area contributed by atoms with Crippen LogP contribution in [0.4, 0.5) is 5.69 Å². The van der Waals surface area contributed by atoms with E-state index in [1.807, 2.05) is 4.98 Å². The van der Waals surface area contributed by atoms with Crippen molar-refractivity contribution in [3.8, 4) is 0 Å². The molecule has 76 valence electrons. The summed E-state index contributed by atoms with van der Waals surface area (Å²) in [5.74, 6) is -0.254. The van der Waals surface area contributed by atoms with E-state index in [4.69, 9.17) is 0 Å². The summed E-state index contributed by atoms with van der Waals surface area (Å²) in [6.07, 6.45) is 1.21. The van der Waals surface area contributed by atoms with E-state index in [1.54, 1.807) is 0 Å². The molecular formula is C7H10N4O3. The maximum Gasteiger partial charge on any atom is 0.325 e. The van der Waals surface area contributed by atoms with Gasteiger partial charge in [-0.25, -0.2) is 4.79 Å². The fourth-order valence-corrected chi connectivity index (χ4v) is 0.805. The number of rotatable bonds is 3. The van der Waals surface area contributed by atoms with Gasteiger partial charge in [0.05, 0.1) is 6.54 Å². The Morgan fingerprint density at radius 3 is 2.79 bits per heavy atom. The highest BCUT2D eigenvalue weighted by atomic mass is 16.2. The first-order valence-corrected chi connectivity index (χ1v) is 3.90. The molecule has 0 saturated heterocycles. The first-order valence-electron chi connectivity index (χ1n) is 3.90. The van der Waals surface area contributed by atoms with Crippen molar-refractivity contribution in [1.29, 1.82) is 0 Å². The molecule has 0 aromatic carbocycles. The highest BCUT2D eigenvalue weighted by Gasteiger charge is 2.01. The summed E-state index contributed by atoms with van der Waals surface area (Å²) in [4.78, 5) is 36.8. The van der Waals surface area contributed by atoms with Crippen LogP contribution in [0.5, 0.6) is 0 Å². The molecule has 1 amide bonds. The second-order valence-electron chi connectivity index (χ2n) is 2.51. The Balaban J connectivity index is 2.73. The molecule has 0 aliphatic carbocycles. The maximum absolute atomic E-state index is 11.1. The molecule has 4 N–H and O–H groups in total. The molecule has 1 heterocycles. The standard InChI is InChI=1S/C7H10N4O3/c1-8-5(12)3-9-4-2-10-7(14)11-6(4)13/h2,9H,3H2,1H3,(H,8,12)(H2,10,11,13,14). The molecule has 0 aliphatic heterocycles. The predicted octanol–water partition coefficient (Wildman–Crippen LogP) is -1.78. The Hall–Kier alpha value is -2.05. The molecule has 0 atom stereocenters. The second kappa shape index (κ2) is 4.26. The summed E-state index contributed by atoms with van der Waals surface area (Å²) in [7, 11) is 1.49. The van der Waals surface area contributed by atoms with Crippen molar-refractivity contribution in [2.75, 3.05) is 18.9 Å². The van der Waals surface area contributed by atoms with Gasteiger partial charge in [0.2, 0.25) is 5.91 Å². The Morgan fingerprint density at radius 2 is 2.21 bits per heavy atom. The van der Waals surface area contributed by atoms with E-state index in [1.165, 1.54) is 13.2 Å². The smallest absolute Gasteiger partial charge is 0.325 e. The second-order valence-corrected chi connectivity index (χ2v) is 2.51. The van der Waals surface area contributed by atoms with Crippen LogP contribution in [-0.2, 0) is 4.79 Å². The summed E-state index contributed by atoms with van der Waals surface area (Å²) < 4.78 is 0. The molecule has 7 nitrogen and oxygen atoms in total. The Morgan fingerprint density at radius 1 is 1.50 bits per heavy atom. The van der Waals surface area contributed by atoms with E-state index in [2.05, 4.69) is 15.6 Å². The minimum Gasteiger partial charge on any atom is -0.370 e. The third kappa shape index (κ3) is 2.47. The van der Waals surface area contributed by atoms with Gasteiger partial charge in [0.1, 0.15) is 5.69 Å². The van der Waals surface area contributed by atoms with Gasteiger partial charge in [-0.15, -0.1) is 0 Å². The number of aromatic amines is 2. The van der Waals surface area contributed by atoms with Crippen molar-refractivity contribution in [2.45, 2.75) is 0 Å². The van der Waals surface area contributed by atoms with E-state index in [9.17, 15) is 14.4 Å². The van der Waals surface area contributed by atoms with Gasteiger partial charge in [0.15, 0.2) is 0 Å². The zero-order valence-electron chi connectivity index (χ0n) is 7.51. The number of hydrogen-bond acceptors (Lipinski definition) is 4. The van der Waals surface area contributed by atoms with Gasteiger partial charge >= 0.3 is 5.69 Å². The number of carbonyl (C=O) groups excluding carboxylic acids is 1. The minimum absolute atomic E-state index is 0.0222. The number of nitrogens with one attached hydrogen (secondary N) is 4. The lowest BCUT2D eigenvalue weighted by Gasteiger charge is -2.02.